The Hall–Kier alpha value is -1.33. The van der Waals surface area contributed by atoms with Crippen LogP contribution in [0.25, 0.3) is 0 Å². The summed E-state index contributed by atoms with van der Waals surface area (Å²) >= 11 is 4.88. The van der Waals surface area contributed by atoms with Crippen molar-refractivity contribution in [2.75, 3.05) is 5.75 Å². The molecule has 0 radical (unpaired) electrons. The van der Waals surface area contributed by atoms with Gasteiger partial charge in [-0.3, -0.25) is 0 Å². The molecule has 21 heavy (non-hydrogen) atoms. The van der Waals surface area contributed by atoms with Crippen molar-refractivity contribution in [1.29, 1.82) is 0 Å². The lowest BCUT2D eigenvalue weighted by molar-refractivity contribution is 0.498. The minimum atomic E-state index is -0.608. The van der Waals surface area contributed by atoms with Crippen LogP contribution in [0.3, 0.4) is 0 Å². The molecule has 1 aliphatic rings. The Morgan fingerprint density at radius 2 is 2.00 bits per heavy atom. The van der Waals surface area contributed by atoms with E-state index in [-0.39, 0.29) is 5.82 Å². The van der Waals surface area contributed by atoms with E-state index in [4.69, 9.17) is 4.74 Å². The van der Waals surface area contributed by atoms with Crippen molar-refractivity contribution in [3.05, 3.63) is 64.4 Å². The number of halogens is 2. The summed E-state index contributed by atoms with van der Waals surface area (Å²) < 4.78 is 20.7. The number of hydrogen-bond donors (Lipinski definition) is 0. The third-order valence-electron chi connectivity index (χ3n) is 3.27. The van der Waals surface area contributed by atoms with E-state index in [9.17, 15) is 4.39 Å². The van der Waals surface area contributed by atoms with E-state index in [1.807, 2.05) is 37.3 Å². The van der Waals surface area contributed by atoms with Gasteiger partial charge in [-0.25, -0.2) is 9.38 Å². The highest BCUT2D eigenvalue weighted by atomic mass is 79.9. The number of nitrogens with zero attached hydrogens (tertiary/aromatic N) is 1. The molecule has 2 nitrogen and oxygen atoms in total. The van der Waals surface area contributed by atoms with E-state index in [0.29, 0.717) is 16.5 Å². The third kappa shape index (κ3) is 3.14. The highest BCUT2D eigenvalue weighted by molar-refractivity contribution is 9.10. The molecular formula is C16H13BrFNOS. The fraction of sp³-hybridized carbons (Fsp3) is 0.188. The largest absolute Gasteiger partial charge is 0.434 e. The second-order valence-corrected chi connectivity index (χ2v) is 6.82. The normalized spacial score (nSPS) is 21.2. The second-order valence-electron chi connectivity index (χ2n) is 4.98. The van der Waals surface area contributed by atoms with Crippen molar-refractivity contribution in [2.24, 2.45) is 4.99 Å². The maximum Gasteiger partial charge on any atom is 0.252 e. The first kappa shape index (κ1) is 14.6. The van der Waals surface area contributed by atoms with Crippen molar-refractivity contribution in [3.8, 4) is 5.75 Å². The number of ether oxygens (including phenoxy) is 1. The van der Waals surface area contributed by atoms with Crippen LogP contribution in [-0.4, -0.2) is 11.0 Å². The van der Waals surface area contributed by atoms with Crippen LogP contribution in [0, 0.1) is 5.82 Å². The van der Waals surface area contributed by atoms with E-state index in [2.05, 4.69) is 20.9 Å². The summed E-state index contributed by atoms with van der Waals surface area (Å²) in [7, 11) is 0. The van der Waals surface area contributed by atoms with Crippen LogP contribution < -0.4 is 4.74 Å². The maximum atomic E-state index is 14.1. The molecular weight excluding hydrogens is 353 g/mol. The predicted molar refractivity (Wildman–Crippen MR) is 88.4 cm³/mol. The Kier molecular flexibility index (Phi) is 4.04. The van der Waals surface area contributed by atoms with Crippen molar-refractivity contribution < 1.29 is 9.13 Å². The monoisotopic (exact) mass is 365 g/mol. The average Bonchev–Trinajstić information content (AvgIpc) is 2.85. The van der Waals surface area contributed by atoms with Gasteiger partial charge in [0.05, 0.1) is 5.54 Å². The van der Waals surface area contributed by atoms with E-state index in [1.165, 1.54) is 17.8 Å². The van der Waals surface area contributed by atoms with E-state index >= 15 is 0 Å². The summed E-state index contributed by atoms with van der Waals surface area (Å²) in [5.41, 5.74) is -0.0288. The summed E-state index contributed by atoms with van der Waals surface area (Å²) in [6.07, 6.45) is 0. The first-order valence-corrected chi connectivity index (χ1v) is 8.26. The molecule has 0 fully saturated rings. The van der Waals surface area contributed by atoms with Gasteiger partial charge in [-0.2, -0.15) is 0 Å². The molecule has 2 aromatic carbocycles. The zero-order chi connectivity index (χ0) is 14.9. The molecule has 0 N–H and O–H groups in total. The minimum Gasteiger partial charge on any atom is -0.434 e. The maximum absolute atomic E-state index is 14.1. The van der Waals surface area contributed by atoms with Gasteiger partial charge < -0.3 is 4.74 Å². The highest BCUT2D eigenvalue weighted by Crippen LogP contribution is 2.39. The minimum absolute atomic E-state index is 0.244. The number of hydrogen-bond acceptors (Lipinski definition) is 3. The van der Waals surface area contributed by atoms with Crippen LogP contribution in [0.15, 0.2) is 58.0 Å². The summed E-state index contributed by atoms with van der Waals surface area (Å²) in [5, 5.41) is 0.572. The van der Waals surface area contributed by atoms with Crippen LogP contribution in [0.4, 0.5) is 4.39 Å². The second kappa shape index (κ2) is 5.81. The lowest BCUT2D eigenvalue weighted by Gasteiger charge is -2.20. The summed E-state index contributed by atoms with van der Waals surface area (Å²) in [5.74, 6) is 1.15. The zero-order valence-corrected chi connectivity index (χ0v) is 13.7. The molecule has 1 heterocycles. The molecule has 0 saturated heterocycles. The molecule has 0 aliphatic carbocycles. The van der Waals surface area contributed by atoms with Gasteiger partial charge in [-0.1, -0.05) is 45.9 Å². The standard InChI is InChI=1S/C16H13BrFNOS/c1-16(13-9-11(17)7-8-14(13)18)10-21-15(19-16)20-12-5-3-2-4-6-12/h2-9H,10H2,1H3/t16-/m0/s1. The molecule has 3 rings (SSSR count). The number of benzene rings is 2. The van der Waals surface area contributed by atoms with Crippen LogP contribution in [0.2, 0.25) is 0 Å². The molecule has 2 aromatic rings. The smallest absolute Gasteiger partial charge is 0.252 e. The lowest BCUT2D eigenvalue weighted by Crippen LogP contribution is -2.21. The van der Waals surface area contributed by atoms with E-state index < -0.39 is 5.54 Å². The van der Waals surface area contributed by atoms with Crippen LogP contribution in [0.1, 0.15) is 12.5 Å². The predicted octanol–water partition coefficient (Wildman–Crippen LogP) is 4.99. The first-order valence-electron chi connectivity index (χ1n) is 6.48. The molecule has 0 bridgehead atoms. The molecule has 0 unspecified atom stereocenters. The van der Waals surface area contributed by atoms with Crippen molar-refractivity contribution in [3.63, 3.8) is 0 Å². The molecule has 0 amide bonds. The summed E-state index contributed by atoms with van der Waals surface area (Å²) in [6, 6.07) is 14.4. The van der Waals surface area contributed by atoms with E-state index in [0.717, 1.165) is 10.2 Å². The molecule has 0 spiro atoms. The Labute approximate surface area is 135 Å². The number of aliphatic imine (C=N–C) groups is 1. The SMILES string of the molecule is C[C@@]1(c2cc(Br)ccc2F)CSC(Oc2ccccc2)=N1. The summed E-state index contributed by atoms with van der Waals surface area (Å²) in [6.45, 7) is 1.92. The molecule has 108 valence electrons. The Morgan fingerprint density at radius 3 is 2.76 bits per heavy atom. The molecule has 1 atom stereocenters. The topological polar surface area (TPSA) is 21.6 Å². The van der Waals surface area contributed by atoms with Gasteiger partial charge in [0, 0.05) is 15.8 Å². The Morgan fingerprint density at radius 1 is 1.24 bits per heavy atom. The quantitative estimate of drug-likeness (QED) is 0.747. The number of para-hydroxylation sites is 1. The third-order valence-corrected chi connectivity index (χ3v) is 4.89. The van der Waals surface area contributed by atoms with Crippen LogP contribution in [-0.2, 0) is 5.54 Å². The van der Waals surface area contributed by atoms with Gasteiger partial charge in [-0.05, 0) is 37.3 Å². The molecule has 1 aliphatic heterocycles. The van der Waals surface area contributed by atoms with Gasteiger partial charge in [-0.15, -0.1) is 0 Å². The Bertz CT molecular complexity index is 692. The zero-order valence-electron chi connectivity index (χ0n) is 11.3. The van der Waals surface area contributed by atoms with Gasteiger partial charge in [0.1, 0.15) is 11.6 Å². The summed E-state index contributed by atoms with van der Waals surface area (Å²) in [4.78, 5) is 4.58. The highest BCUT2D eigenvalue weighted by Gasteiger charge is 2.36. The van der Waals surface area contributed by atoms with Crippen molar-refractivity contribution in [2.45, 2.75) is 12.5 Å². The molecule has 0 saturated carbocycles. The van der Waals surface area contributed by atoms with Crippen LogP contribution in [0.5, 0.6) is 5.75 Å². The van der Waals surface area contributed by atoms with Gasteiger partial charge in [0.2, 0.25) is 0 Å². The van der Waals surface area contributed by atoms with Gasteiger partial charge >= 0.3 is 0 Å². The fourth-order valence-electron chi connectivity index (χ4n) is 2.16. The average molecular weight is 366 g/mol. The van der Waals surface area contributed by atoms with Crippen molar-refractivity contribution in [1.82, 2.24) is 0 Å². The molecule has 5 heteroatoms. The fourth-order valence-corrected chi connectivity index (χ4v) is 3.56. The van der Waals surface area contributed by atoms with Crippen molar-refractivity contribution >= 4 is 32.9 Å². The van der Waals surface area contributed by atoms with Crippen LogP contribution >= 0.6 is 27.7 Å². The number of rotatable bonds is 2. The Balaban J connectivity index is 1.88. The molecule has 0 aromatic heterocycles. The van der Waals surface area contributed by atoms with Gasteiger partial charge in [0.15, 0.2) is 0 Å². The first-order chi connectivity index (χ1) is 10.1. The number of thioether (sulfide) groups is 1. The van der Waals surface area contributed by atoms with Gasteiger partial charge in [0.25, 0.3) is 5.23 Å². The van der Waals surface area contributed by atoms with E-state index in [1.54, 1.807) is 12.1 Å². The lowest BCUT2D eigenvalue weighted by atomic mass is 9.94.